The Hall–Kier alpha value is -3.53. The Morgan fingerprint density at radius 2 is 1.87 bits per heavy atom. The van der Waals surface area contributed by atoms with Crippen LogP contribution in [0.3, 0.4) is 0 Å². The van der Waals surface area contributed by atoms with E-state index in [0.717, 1.165) is 23.5 Å². The first-order valence-electron chi connectivity index (χ1n) is 9.92. The van der Waals surface area contributed by atoms with Crippen LogP contribution in [0.1, 0.15) is 41.2 Å². The molecule has 0 aliphatic rings. The molecular weight excluding hydrogens is 396 g/mol. The topological polar surface area (TPSA) is 90.5 Å². The quantitative estimate of drug-likeness (QED) is 0.260. The van der Waals surface area contributed by atoms with Crippen molar-refractivity contribution in [2.75, 3.05) is 20.8 Å². The fraction of sp³-hybridized carbons (Fsp3) is 0.375. The summed E-state index contributed by atoms with van der Waals surface area (Å²) < 4.78 is 17.6. The van der Waals surface area contributed by atoms with Crippen LogP contribution in [0.2, 0.25) is 0 Å². The summed E-state index contributed by atoms with van der Waals surface area (Å²) in [7, 11) is 2.94. The van der Waals surface area contributed by atoms with Gasteiger partial charge in [-0.3, -0.25) is 4.79 Å². The fourth-order valence-electron chi connectivity index (χ4n) is 3.23. The molecule has 0 aliphatic carbocycles. The number of rotatable bonds is 9. The first kappa shape index (κ1) is 23.7. The van der Waals surface area contributed by atoms with Gasteiger partial charge in [0.2, 0.25) is 5.78 Å². The van der Waals surface area contributed by atoms with E-state index < -0.39 is 18.4 Å². The molecule has 0 saturated heterocycles. The number of hydrogen-bond donors (Lipinski definition) is 0. The summed E-state index contributed by atoms with van der Waals surface area (Å²) in [6.45, 7) is 8.52. The van der Waals surface area contributed by atoms with Crippen LogP contribution in [0, 0.1) is 31.1 Å². The van der Waals surface area contributed by atoms with Gasteiger partial charge < -0.3 is 18.8 Å². The molecule has 0 fully saturated rings. The molecule has 1 aromatic carbocycles. The summed E-state index contributed by atoms with van der Waals surface area (Å²) in [4.78, 5) is 24.9. The molecule has 2 aromatic rings. The molecule has 0 amide bonds. The first-order valence-corrected chi connectivity index (χ1v) is 9.92. The van der Waals surface area contributed by atoms with Crippen LogP contribution in [0.15, 0.2) is 29.8 Å². The monoisotopic (exact) mass is 424 g/mol. The molecule has 164 valence electrons. The molecule has 0 spiro atoms. The standard InChI is InChI=1S/C24H28N2O5/c1-15(2)13-26-16(3)9-18(17(26)4)10-19(12-25)24(28)31-14-22(27)21-8-7-20(29-5)11-23(21)30-6/h7-11,15H,13-14H2,1-6H3/b19-10+. The van der Waals surface area contributed by atoms with E-state index in [1.54, 1.807) is 18.2 Å². The van der Waals surface area contributed by atoms with E-state index in [-0.39, 0.29) is 11.1 Å². The van der Waals surface area contributed by atoms with Gasteiger partial charge in [-0.2, -0.15) is 5.26 Å². The summed E-state index contributed by atoms with van der Waals surface area (Å²) in [5.74, 6) is 0.0180. The van der Waals surface area contributed by atoms with Crippen LogP contribution in [0.4, 0.5) is 0 Å². The minimum atomic E-state index is -0.850. The zero-order valence-electron chi connectivity index (χ0n) is 18.8. The number of nitriles is 1. The number of Topliss-reactive ketones (excluding diaryl/α,β-unsaturated/α-hetero) is 1. The van der Waals surface area contributed by atoms with Crippen molar-refractivity contribution in [3.8, 4) is 17.6 Å². The zero-order valence-corrected chi connectivity index (χ0v) is 18.8. The van der Waals surface area contributed by atoms with Crippen molar-refractivity contribution in [3.05, 3.63) is 52.4 Å². The number of nitrogens with zero attached hydrogens (tertiary/aromatic N) is 2. The predicted molar refractivity (Wildman–Crippen MR) is 117 cm³/mol. The Morgan fingerprint density at radius 3 is 2.45 bits per heavy atom. The number of hydrogen-bond acceptors (Lipinski definition) is 6. The van der Waals surface area contributed by atoms with Crippen LogP contribution in [-0.4, -0.2) is 37.1 Å². The SMILES string of the molecule is COc1ccc(C(=O)COC(=O)/C(C#N)=C/c2cc(C)n(CC(C)C)c2C)c(OC)c1. The molecule has 7 heteroatoms. The average molecular weight is 424 g/mol. The number of carbonyl (C=O) groups is 2. The summed E-state index contributed by atoms with van der Waals surface area (Å²) in [5.41, 5.74) is 2.88. The number of aromatic nitrogens is 1. The molecule has 0 atom stereocenters. The highest BCUT2D eigenvalue weighted by Gasteiger charge is 2.19. The largest absolute Gasteiger partial charge is 0.497 e. The lowest BCUT2D eigenvalue weighted by atomic mass is 10.1. The minimum absolute atomic E-state index is 0.167. The van der Waals surface area contributed by atoms with Crippen LogP contribution in [0.5, 0.6) is 11.5 Å². The second-order valence-electron chi connectivity index (χ2n) is 7.57. The van der Waals surface area contributed by atoms with E-state index in [0.29, 0.717) is 17.4 Å². The maximum Gasteiger partial charge on any atom is 0.349 e. The Bertz CT molecular complexity index is 1040. The third kappa shape index (κ3) is 5.76. The predicted octanol–water partition coefficient (Wildman–Crippen LogP) is 4.11. The van der Waals surface area contributed by atoms with Gasteiger partial charge in [0.05, 0.1) is 19.8 Å². The number of carbonyl (C=O) groups excluding carboxylic acids is 2. The molecule has 2 rings (SSSR count). The Morgan fingerprint density at radius 1 is 1.16 bits per heavy atom. The molecular formula is C24H28N2O5. The number of ether oxygens (including phenoxy) is 3. The molecule has 7 nitrogen and oxygen atoms in total. The molecule has 0 bridgehead atoms. The lowest BCUT2D eigenvalue weighted by Gasteiger charge is -2.12. The van der Waals surface area contributed by atoms with Crippen LogP contribution >= 0.6 is 0 Å². The number of ketones is 1. The second-order valence-corrected chi connectivity index (χ2v) is 7.57. The van der Waals surface area contributed by atoms with Gasteiger partial charge in [0, 0.05) is 24.0 Å². The Labute approximate surface area is 182 Å². The zero-order chi connectivity index (χ0) is 23.1. The molecule has 1 heterocycles. The van der Waals surface area contributed by atoms with E-state index in [4.69, 9.17) is 14.2 Å². The highest BCUT2D eigenvalue weighted by Crippen LogP contribution is 2.25. The van der Waals surface area contributed by atoms with Crippen molar-refractivity contribution in [2.45, 2.75) is 34.2 Å². The number of methoxy groups -OCH3 is 2. The second kappa shape index (κ2) is 10.5. The van der Waals surface area contributed by atoms with Gasteiger partial charge in [0.25, 0.3) is 0 Å². The van der Waals surface area contributed by atoms with Gasteiger partial charge >= 0.3 is 5.97 Å². The van der Waals surface area contributed by atoms with Crippen LogP contribution in [-0.2, 0) is 16.1 Å². The highest BCUT2D eigenvalue weighted by atomic mass is 16.5. The summed E-state index contributed by atoms with van der Waals surface area (Å²) in [6, 6.07) is 8.53. The van der Waals surface area contributed by atoms with Gasteiger partial charge in [-0.15, -0.1) is 0 Å². The highest BCUT2D eigenvalue weighted by molar-refractivity contribution is 6.03. The van der Waals surface area contributed by atoms with E-state index in [2.05, 4.69) is 18.4 Å². The number of aryl methyl sites for hydroxylation is 1. The van der Waals surface area contributed by atoms with Gasteiger partial charge in [-0.25, -0.2) is 4.79 Å². The van der Waals surface area contributed by atoms with Crippen molar-refractivity contribution >= 4 is 17.8 Å². The molecule has 0 N–H and O–H groups in total. The van der Waals surface area contributed by atoms with Gasteiger partial charge in [-0.05, 0) is 49.6 Å². The summed E-state index contributed by atoms with van der Waals surface area (Å²) in [6.07, 6.45) is 1.50. The Kier molecular flexibility index (Phi) is 8.03. The number of benzene rings is 1. The third-order valence-electron chi connectivity index (χ3n) is 4.84. The van der Waals surface area contributed by atoms with Crippen molar-refractivity contribution in [1.82, 2.24) is 4.57 Å². The van der Waals surface area contributed by atoms with E-state index in [1.165, 1.54) is 20.3 Å². The maximum atomic E-state index is 12.5. The van der Waals surface area contributed by atoms with Crippen molar-refractivity contribution in [2.24, 2.45) is 5.92 Å². The molecule has 0 saturated carbocycles. The van der Waals surface area contributed by atoms with Gasteiger partial charge in [-0.1, -0.05) is 13.8 Å². The third-order valence-corrected chi connectivity index (χ3v) is 4.84. The molecule has 31 heavy (non-hydrogen) atoms. The normalized spacial score (nSPS) is 11.2. The first-order chi connectivity index (χ1) is 14.7. The lowest BCUT2D eigenvalue weighted by Crippen LogP contribution is -2.16. The molecule has 1 aromatic heterocycles. The van der Waals surface area contributed by atoms with E-state index >= 15 is 0 Å². The molecule has 0 aliphatic heterocycles. The smallest absolute Gasteiger partial charge is 0.349 e. The minimum Gasteiger partial charge on any atom is -0.497 e. The van der Waals surface area contributed by atoms with Crippen molar-refractivity contribution in [1.29, 1.82) is 5.26 Å². The Balaban J connectivity index is 2.16. The molecule has 0 unspecified atom stereocenters. The number of esters is 1. The maximum absolute atomic E-state index is 12.5. The van der Waals surface area contributed by atoms with Crippen molar-refractivity contribution < 1.29 is 23.8 Å². The molecule has 0 radical (unpaired) electrons. The van der Waals surface area contributed by atoms with Gasteiger partial charge in [0.1, 0.15) is 23.1 Å². The summed E-state index contributed by atoms with van der Waals surface area (Å²) >= 11 is 0. The van der Waals surface area contributed by atoms with Gasteiger partial charge in [0.15, 0.2) is 6.61 Å². The van der Waals surface area contributed by atoms with Crippen molar-refractivity contribution in [3.63, 3.8) is 0 Å². The van der Waals surface area contributed by atoms with Crippen LogP contribution in [0.25, 0.3) is 6.08 Å². The van der Waals surface area contributed by atoms with Crippen LogP contribution < -0.4 is 9.47 Å². The lowest BCUT2D eigenvalue weighted by molar-refractivity contribution is -0.137. The summed E-state index contributed by atoms with van der Waals surface area (Å²) in [5, 5.41) is 9.45. The van der Waals surface area contributed by atoms with E-state index in [1.807, 2.05) is 26.0 Å². The average Bonchev–Trinajstić information content (AvgIpc) is 3.01. The van der Waals surface area contributed by atoms with E-state index in [9.17, 15) is 14.9 Å². The fourth-order valence-corrected chi connectivity index (χ4v) is 3.23.